The van der Waals surface area contributed by atoms with E-state index < -0.39 is 21.3 Å². The van der Waals surface area contributed by atoms with Gasteiger partial charge in [-0.05, 0) is 55.7 Å². The van der Waals surface area contributed by atoms with E-state index in [0.29, 0.717) is 18.9 Å². The molecule has 1 saturated heterocycles. The Morgan fingerprint density at radius 3 is 2.77 bits per heavy atom. The predicted molar refractivity (Wildman–Crippen MR) is 114 cm³/mol. The lowest BCUT2D eigenvalue weighted by molar-refractivity contribution is 0.135. The highest BCUT2D eigenvalue weighted by Gasteiger charge is 2.50. The third kappa shape index (κ3) is 4.08. The van der Waals surface area contributed by atoms with Crippen LogP contribution in [-0.2, 0) is 28.2 Å². The van der Waals surface area contributed by atoms with Crippen LogP contribution >= 0.6 is 0 Å². The summed E-state index contributed by atoms with van der Waals surface area (Å²) >= 11 is 0. The molecule has 0 bridgehead atoms. The van der Waals surface area contributed by atoms with Gasteiger partial charge in [-0.15, -0.1) is 0 Å². The van der Waals surface area contributed by atoms with Crippen molar-refractivity contribution in [1.82, 2.24) is 20.4 Å². The van der Waals surface area contributed by atoms with Crippen LogP contribution in [0.4, 0.5) is 4.79 Å². The summed E-state index contributed by atoms with van der Waals surface area (Å²) in [4.78, 5) is 12.2. The maximum absolute atomic E-state index is 13.4. The Balaban J connectivity index is 1.21. The van der Waals surface area contributed by atoms with E-state index in [4.69, 9.17) is 4.74 Å². The first kappa shape index (κ1) is 20.5. The van der Waals surface area contributed by atoms with E-state index in [1.165, 1.54) is 4.68 Å². The second-order valence-electron chi connectivity index (χ2n) is 8.98. The number of carbonyl (C=O) groups excluding carboxylic acids is 1. The highest BCUT2D eigenvalue weighted by molar-refractivity contribution is 7.92. The Labute approximate surface area is 182 Å². The Bertz CT molecular complexity index is 1060. The fraction of sp³-hybridized carbons (Fsp3) is 0.545. The van der Waals surface area contributed by atoms with Gasteiger partial charge in [-0.3, -0.25) is 4.68 Å². The van der Waals surface area contributed by atoms with Crippen LogP contribution in [0.5, 0.6) is 0 Å². The van der Waals surface area contributed by atoms with Crippen molar-refractivity contribution in [1.29, 1.82) is 0 Å². The van der Waals surface area contributed by atoms with Crippen molar-refractivity contribution >= 4 is 15.9 Å². The lowest BCUT2D eigenvalue weighted by Gasteiger charge is -2.20. The molecule has 5 rings (SSSR count). The van der Waals surface area contributed by atoms with E-state index in [-0.39, 0.29) is 29.5 Å². The number of aromatic nitrogens is 2. The molecule has 8 nitrogen and oxygen atoms in total. The van der Waals surface area contributed by atoms with Crippen molar-refractivity contribution in [3.05, 3.63) is 47.7 Å². The molecule has 166 valence electrons. The lowest BCUT2D eigenvalue weighted by atomic mass is 10.0. The molecule has 0 unspecified atom stereocenters. The van der Waals surface area contributed by atoms with Gasteiger partial charge in [0, 0.05) is 19.0 Å². The SMILES string of the molecule is Cn1nc(C2CC2)cc1S(=O)(=O)[C@@H]1NC[C@H]2C[C@H](NC(=O)OCc3ccccc3)C[C@@H]21. The van der Waals surface area contributed by atoms with Gasteiger partial charge in [0.2, 0.25) is 9.84 Å². The summed E-state index contributed by atoms with van der Waals surface area (Å²) in [6.45, 7) is 0.855. The van der Waals surface area contributed by atoms with Crippen LogP contribution in [0.2, 0.25) is 0 Å². The largest absolute Gasteiger partial charge is 0.445 e. The van der Waals surface area contributed by atoms with E-state index in [1.807, 2.05) is 30.3 Å². The maximum atomic E-state index is 13.4. The van der Waals surface area contributed by atoms with Crippen molar-refractivity contribution in [3.63, 3.8) is 0 Å². The minimum absolute atomic E-state index is 0.0382. The fourth-order valence-electron chi connectivity index (χ4n) is 5.02. The molecule has 2 aliphatic carbocycles. The molecule has 2 N–H and O–H groups in total. The molecule has 1 amide bonds. The summed E-state index contributed by atoms with van der Waals surface area (Å²) in [5, 5.41) is 10.2. The Morgan fingerprint density at radius 1 is 1.26 bits per heavy atom. The van der Waals surface area contributed by atoms with E-state index >= 15 is 0 Å². The highest BCUT2D eigenvalue weighted by atomic mass is 32.2. The van der Waals surface area contributed by atoms with Gasteiger partial charge in [-0.25, -0.2) is 13.2 Å². The van der Waals surface area contributed by atoms with Crippen molar-refractivity contribution in [3.8, 4) is 0 Å². The molecule has 2 aromatic rings. The molecule has 31 heavy (non-hydrogen) atoms. The van der Waals surface area contributed by atoms with Gasteiger partial charge in [0.25, 0.3) is 0 Å². The number of amides is 1. The number of benzene rings is 1. The van der Waals surface area contributed by atoms with Crippen molar-refractivity contribution in [2.45, 2.75) is 54.6 Å². The monoisotopic (exact) mass is 444 g/mol. The number of nitrogens with one attached hydrogen (secondary N) is 2. The number of ether oxygens (including phenoxy) is 1. The van der Waals surface area contributed by atoms with E-state index in [2.05, 4.69) is 15.7 Å². The average molecular weight is 445 g/mol. The molecule has 2 heterocycles. The molecule has 3 aliphatic rings. The van der Waals surface area contributed by atoms with Gasteiger partial charge >= 0.3 is 6.09 Å². The summed E-state index contributed by atoms with van der Waals surface area (Å²) in [7, 11) is -1.86. The predicted octanol–water partition coefficient (Wildman–Crippen LogP) is 2.32. The van der Waals surface area contributed by atoms with Gasteiger partial charge in [0.05, 0.1) is 5.69 Å². The highest BCUT2D eigenvalue weighted by Crippen LogP contribution is 2.43. The van der Waals surface area contributed by atoms with Crippen LogP contribution < -0.4 is 10.6 Å². The van der Waals surface area contributed by atoms with Crippen molar-refractivity contribution in [2.75, 3.05) is 6.54 Å². The zero-order valence-electron chi connectivity index (χ0n) is 17.5. The smallest absolute Gasteiger partial charge is 0.407 e. The number of aryl methyl sites for hydroxylation is 1. The second kappa shape index (κ2) is 7.94. The molecular formula is C22H28N4O4S. The summed E-state index contributed by atoms with van der Waals surface area (Å²) in [5.74, 6) is 0.584. The van der Waals surface area contributed by atoms with Crippen LogP contribution in [0.3, 0.4) is 0 Å². The summed E-state index contributed by atoms with van der Waals surface area (Å²) in [6.07, 6.45) is 3.08. The lowest BCUT2D eigenvalue weighted by Crippen LogP contribution is -2.39. The number of alkyl carbamates (subject to hydrolysis) is 1. The molecule has 2 saturated carbocycles. The molecule has 3 fully saturated rings. The van der Waals surface area contributed by atoms with Gasteiger partial charge in [-0.1, -0.05) is 30.3 Å². The zero-order chi connectivity index (χ0) is 21.6. The van der Waals surface area contributed by atoms with Crippen molar-refractivity contribution < 1.29 is 17.9 Å². The number of fused-ring (bicyclic) bond motifs is 1. The first-order valence-corrected chi connectivity index (χ1v) is 12.4. The molecule has 0 radical (unpaired) electrons. The zero-order valence-corrected chi connectivity index (χ0v) is 18.3. The van der Waals surface area contributed by atoms with Crippen LogP contribution in [0, 0.1) is 11.8 Å². The van der Waals surface area contributed by atoms with Crippen LogP contribution in [-0.4, -0.2) is 42.3 Å². The minimum Gasteiger partial charge on any atom is -0.445 e. The number of nitrogens with zero attached hydrogens (tertiary/aromatic N) is 2. The quantitative estimate of drug-likeness (QED) is 0.709. The van der Waals surface area contributed by atoms with Gasteiger partial charge in [-0.2, -0.15) is 5.10 Å². The maximum Gasteiger partial charge on any atom is 0.407 e. The first-order chi connectivity index (χ1) is 14.9. The number of hydrogen-bond donors (Lipinski definition) is 2. The summed E-state index contributed by atoms with van der Waals surface area (Å²) < 4.78 is 33.6. The van der Waals surface area contributed by atoms with Crippen LogP contribution in [0.25, 0.3) is 0 Å². The third-order valence-corrected chi connectivity index (χ3v) is 8.88. The molecule has 1 aromatic carbocycles. The fourth-order valence-corrected chi connectivity index (χ4v) is 7.08. The number of carbonyl (C=O) groups is 1. The normalized spacial score (nSPS) is 27.8. The molecular weight excluding hydrogens is 416 g/mol. The van der Waals surface area contributed by atoms with E-state index in [9.17, 15) is 13.2 Å². The Kier molecular flexibility index (Phi) is 5.26. The minimum atomic E-state index is -3.56. The Morgan fingerprint density at radius 2 is 2.03 bits per heavy atom. The number of rotatable bonds is 6. The van der Waals surface area contributed by atoms with E-state index in [1.54, 1.807) is 13.1 Å². The molecule has 0 spiro atoms. The standard InChI is InChI=1S/C22H28N4O4S/c1-26-20(11-19(25-26)15-7-8-15)31(28,29)21-18-10-17(9-16(18)12-23-21)24-22(27)30-13-14-5-3-2-4-6-14/h2-6,11,15-18,21,23H,7-10,12-13H2,1H3,(H,24,27)/t16-,17+,18+,21+/m1/s1. The van der Waals surface area contributed by atoms with E-state index in [0.717, 1.165) is 30.5 Å². The Hall–Kier alpha value is -2.39. The summed E-state index contributed by atoms with van der Waals surface area (Å²) in [6, 6.07) is 11.2. The van der Waals surface area contributed by atoms with Gasteiger partial charge in [0.15, 0.2) is 5.03 Å². The van der Waals surface area contributed by atoms with Crippen LogP contribution in [0.15, 0.2) is 41.4 Å². The second-order valence-corrected chi connectivity index (χ2v) is 11.0. The number of sulfone groups is 1. The van der Waals surface area contributed by atoms with Gasteiger partial charge < -0.3 is 15.4 Å². The topological polar surface area (TPSA) is 102 Å². The molecule has 4 atom stereocenters. The van der Waals surface area contributed by atoms with Crippen molar-refractivity contribution in [2.24, 2.45) is 18.9 Å². The molecule has 1 aliphatic heterocycles. The third-order valence-electron chi connectivity index (χ3n) is 6.73. The molecule has 9 heteroatoms. The van der Waals surface area contributed by atoms with Crippen LogP contribution in [0.1, 0.15) is 42.9 Å². The number of hydrogen-bond acceptors (Lipinski definition) is 6. The molecule has 1 aromatic heterocycles. The summed E-state index contributed by atoms with van der Waals surface area (Å²) in [5.41, 5.74) is 1.81. The van der Waals surface area contributed by atoms with Gasteiger partial charge in [0.1, 0.15) is 12.0 Å². The average Bonchev–Trinajstić information content (AvgIpc) is 3.23. The first-order valence-electron chi connectivity index (χ1n) is 10.9.